The molecule has 2 amide bonds. The van der Waals surface area contributed by atoms with Gasteiger partial charge in [0.05, 0.1) is 6.54 Å². The number of hydrogen-bond donors (Lipinski definition) is 2. The van der Waals surface area contributed by atoms with E-state index in [4.69, 9.17) is 11.6 Å². The Morgan fingerprint density at radius 2 is 1.94 bits per heavy atom. The number of sulfonamides is 1. The normalized spacial score (nSPS) is 19.1. The van der Waals surface area contributed by atoms with Gasteiger partial charge in [0.1, 0.15) is 10.9 Å². The molecule has 1 unspecified atom stereocenters. The van der Waals surface area contributed by atoms with Gasteiger partial charge in [-0.05, 0) is 56.0 Å². The third-order valence-electron chi connectivity index (χ3n) is 5.65. The number of nitrogens with zero attached hydrogens (tertiary/aromatic N) is 2. The van der Waals surface area contributed by atoms with E-state index in [-0.39, 0.29) is 23.3 Å². The van der Waals surface area contributed by atoms with Gasteiger partial charge < -0.3 is 15.5 Å². The van der Waals surface area contributed by atoms with Gasteiger partial charge in [0.15, 0.2) is 5.84 Å². The van der Waals surface area contributed by atoms with Crippen molar-refractivity contribution in [2.24, 2.45) is 4.40 Å². The molecule has 1 saturated heterocycles. The zero-order valence-corrected chi connectivity index (χ0v) is 19.0. The summed E-state index contributed by atoms with van der Waals surface area (Å²) >= 11 is 6.08. The molecule has 32 heavy (non-hydrogen) atoms. The van der Waals surface area contributed by atoms with E-state index in [0.29, 0.717) is 35.1 Å². The molecule has 0 spiro atoms. The summed E-state index contributed by atoms with van der Waals surface area (Å²) in [6.07, 6.45) is 2.19. The molecule has 10 heteroatoms. The number of carbonyl (C=O) groups is 2. The third-order valence-corrected chi connectivity index (χ3v) is 7.39. The van der Waals surface area contributed by atoms with Gasteiger partial charge in [0, 0.05) is 22.8 Å². The molecule has 2 aromatic rings. The third kappa shape index (κ3) is 4.35. The van der Waals surface area contributed by atoms with E-state index in [1.165, 1.54) is 6.07 Å². The number of carbonyl (C=O) groups excluding carboxylic acids is 2. The van der Waals surface area contributed by atoms with Crippen LogP contribution >= 0.6 is 11.6 Å². The lowest BCUT2D eigenvalue weighted by Crippen LogP contribution is -2.52. The van der Waals surface area contributed by atoms with E-state index in [9.17, 15) is 18.0 Å². The average molecular weight is 475 g/mol. The molecule has 0 aromatic heterocycles. The summed E-state index contributed by atoms with van der Waals surface area (Å²) < 4.78 is 28.8. The highest BCUT2D eigenvalue weighted by atomic mass is 35.5. The summed E-state index contributed by atoms with van der Waals surface area (Å²) in [6.45, 7) is 2.09. The summed E-state index contributed by atoms with van der Waals surface area (Å²) in [5, 5.41) is 5.96. The largest absolute Gasteiger partial charge is 0.345 e. The van der Waals surface area contributed by atoms with Crippen LogP contribution in [0.4, 0.5) is 5.69 Å². The highest BCUT2D eigenvalue weighted by Crippen LogP contribution is 2.30. The lowest BCUT2D eigenvalue weighted by molar-refractivity contribution is -0.128. The first-order valence-corrected chi connectivity index (χ1v) is 12.1. The maximum absolute atomic E-state index is 13.0. The standard InChI is InChI=1S/C22H23ClN4O4S/c1-14-16(23)8-6-9-17(14)25-20(28)13-24-22(29)18-10-4-5-12-27(18)21-15-7-2-3-11-19(15)32(30,31)26-21/h2-3,6-9,11,18H,4-5,10,12-13H2,1H3,(H,24,29)(H,25,28). The number of hydrogen-bond acceptors (Lipinski definition) is 5. The van der Waals surface area contributed by atoms with Gasteiger partial charge in [0.25, 0.3) is 10.0 Å². The SMILES string of the molecule is Cc1c(Cl)cccc1NC(=O)CNC(=O)C1CCCCN1C1=NS(=O)(=O)c2ccccc21. The summed E-state index contributed by atoms with van der Waals surface area (Å²) in [7, 11) is -3.78. The quantitative estimate of drug-likeness (QED) is 0.708. The fourth-order valence-corrected chi connectivity index (χ4v) is 5.37. The van der Waals surface area contributed by atoms with Crippen molar-refractivity contribution in [2.75, 3.05) is 18.4 Å². The maximum Gasteiger partial charge on any atom is 0.285 e. The fraction of sp³-hybridized carbons (Fsp3) is 0.318. The zero-order chi connectivity index (χ0) is 22.9. The van der Waals surface area contributed by atoms with Crippen LogP contribution in [0.2, 0.25) is 5.02 Å². The maximum atomic E-state index is 13.0. The van der Waals surface area contributed by atoms with Gasteiger partial charge in [-0.1, -0.05) is 29.8 Å². The lowest BCUT2D eigenvalue weighted by Gasteiger charge is -2.36. The highest BCUT2D eigenvalue weighted by Gasteiger charge is 2.37. The van der Waals surface area contributed by atoms with Crippen molar-refractivity contribution < 1.29 is 18.0 Å². The molecule has 0 radical (unpaired) electrons. The molecule has 2 N–H and O–H groups in total. The van der Waals surface area contributed by atoms with Crippen LogP contribution in [0.25, 0.3) is 0 Å². The monoisotopic (exact) mass is 474 g/mol. The minimum Gasteiger partial charge on any atom is -0.345 e. The molecule has 2 aliphatic heterocycles. The van der Waals surface area contributed by atoms with E-state index < -0.39 is 16.1 Å². The molecule has 1 fully saturated rings. The molecule has 2 heterocycles. The molecule has 0 aliphatic carbocycles. The molecule has 0 saturated carbocycles. The summed E-state index contributed by atoms with van der Waals surface area (Å²) in [5.41, 5.74) is 1.82. The van der Waals surface area contributed by atoms with Crippen molar-refractivity contribution in [3.05, 3.63) is 58.6 Å². The Balaban J connectivity index is 1.46. The van der Waals surface area contributed by atoms with Crippen LogP contribution in [0.1, 0.15) is 30.4 Å². The second-order valence-electron chi connectivity index (χ2n) is 7.77. The number of likely N-dealkylation sites (tertiary alicyclic amines) is 1. The fourth-order valence-electron chi connectivity index (χ4n) is 3.98. The minimum atomic E-state index is -3.78. The Morgan fingerprint density at radius 3 is 2.75 bits per heavy atom. The first-order valence-electron chi connectivity index (χ1n) is 10.3. The Bertz CT molecular complexity index is 1210. The summed E-state index contributed by atoms with van der Waals surface area (Å²) in [5.74, 6) is -0.427. The van der Waals surface area contributed by atoms with E-state index in [0.717, 1.165) is 18.4 Å². The van der Waals surface area contributed by atoms with Gasteiger partial charge in [0.2, 0.25) is 11.8 Å². The Kier molecular flexibility index (Phi) is 6.21. The number of benzene rings is 2. The number of fused-ring (bicyclic) bond motifs is 1. The van der Waals surface area contributed by atoms with Crippen molar-refractivity contribution >= 4 is 45.0 Å². The second-order valence-corrected chi connectivity index (χ2v) is 9.75. The van der Waals surface area contributed by atoms with Gasteiger partial charge in [-0.2, -0.15) is 8.42 Å². The van der Waals surface area contributed by atoms with Crippen molar-refractivity contribution in [2.45, 2.75) is 37.1 Å². The summed E-state index contributed by atoms with van der Waals surface area (Å²) in [4.78, 5) is 27.2. The number of piperidine rings is 1. The Morgan fingerprint density at radius 1 is 1.16 bits per heavy atom. The van der Waals surface area contributed by atoms with Gasteiger partial charge in [-0.25, -0.2) is 0 Å². The molecule has 0 bridgehead atoms. The summed E-state index contributed by atoms with van der Waals surface area (Å²) in [6, 6.07) is 11.2. The first kappa shape index (κ1) is 22.3. The van der Waals surface area contributed by atoms with Crippen LogP contribution in [0.15, 0.2) is 51.8 Å². The van der Waals surface area contributed by atoms with Crippen LogP contribution in [-0.2, 0) is 19.6 Å². The number of halogens is 1. The van der Waals surface area contributed by atoms with Crippen molar-refractivity contribution in [1.29, 1.82) is 0 Å². The van der Waals surface area contributed by atoms with Crippen molar-refractivity contribution in [1.82, 2.24) is 10.2 Å². The van der Waals surface area contributed by atoms with Crippen LogP contribution in [0.3, 0.4) is 0 Å². The molecular weight excluding hydrogens is 452 g/mol. The molecule has 4 rings (SSSR count). The van der Waals surface area contributed by atoms with Gasteiger partial charge in [-0.15, -0.1) is 4.40 Å². The van der Waals surface area contributed by atoms with Crippen LogP contribution in [0.5, 0.6) is 0 Å². The number of rotatable bonds is 4. The Hall–Kier alpha value is -2.91. The molecule has 1 atom stereocenters. The lowest BCUT2D eigenvalue weighted by atomic mass is 9.99. The predicted molar refractivity (Wildman–Crippen MR) is 122 cm³/mol. The van der Waals surface area contributed by atoms with Gasteiger partial charge >= 0.3 is 0 Å². The van der Waals surface area contributed by atoms with Crippen molar-refractivity contribution in [3.63, 3.8) is 0 Å². The predicted octanol–water partition coefficient (Wildman–Crippen LogP) is 2.71. The van der Waals surface area contributed by atoms with Crippen molar-refractivity contribution in [3.8, 4) is 0 Å². The number of anilines is 1. The molecule has 8 nitrogen and oxygen atoms in total. The topological polar surface area (TPSA) is 108 Å². The smallest absolute Gasteiger partial charge is 0.285 e. The second kappa shape index (κ2) is 8.91. The van der Waals surface area contributed by atoms with Crippen LogP contribution in [0, 0.1) is 6.92 Å². The average Bonchev–Trinajstić information content (AvgIpc) is 3.06. The van der Waals surface area contributed by atoms with E-state index in [1.807, 2.05) is 0 Å². The number of amidine groups is 1. The van der Waals surface area contributed by atoms with Gasteiger partial charge in [-0.3, -0.25) is 9.59 Å². The van der Waals surface area contributed by atoms with E-state index >= 15 is 0 Å². The van der Waals surface area contributed by atoms with Crippen LogP contribution in [-0.4, -0.2) is 50.1 Å². The van der Waals surface area contributed by atoms with Crippen LogP contribution < -0.4 is 10.6 Å². The minimum absolute atomic E-state index is 0.149. The molecule has 2 aliphatic rings. The number of amides is 2. The molecular formula is C22H23ClN4O4S. The molecule has 168 valence electrons. The first-order chi connectivity index (χ1) is 15.3. The van der Waals surface area contributed by atoms with E-state index in [2.05, 4.69) is 15.0 Å². The number of nitrogens with one attached hydrogen (secondary N) is 2. The Labute approximate surface area is 191 Å². The zero-order valence-electron chi connectivity index (χ0n) is 17.5. The molecule has 2 aromatic carbocycles. The van der Waals surface area contributed by atoms with E-state index in [1.54, 1.807) is 48.2 Å². The highest BCUT2D eigenvalue weighted by molar-refractivity contribution is 7.90.